The van der Waals surface area contributed by atoms with Gasteiger partial charge in [-0.3, -0.25) is 4.98 Å². The number of para-hydroxylation sites is 1. The summed E-state index contributed by atoms with van der Waals surface area (Å²) in [6.45, 7) is 2.15. The van der Waals surface area contributed by atoms with Gasteiger partial charge in [-0.1, -0.05) is 34.5 Å². The number of hydrogen-bond acceptors (Lipinski definition) is 2. The number of imidazole rings is 1. The van der Waals surface area contributed by atoms with E-state index in [1.807, 2.05) is 29.8 Å². The van der Waals surface area contributed by atoms with Crippen molar-refractivity contribution in [3.63, 3.8) is 0 Å². The molecule has 2 aromatic carbocycles. The summed E-state index contributed by atoms with van der Waals surface area (Å²) in [6, 6.07) is 20.5. The fourth-order valence-corrected chi connectivity index (χ4v) is 4.22. The summed E-state index contributed by atoms with van der Waals surface area (Å²) in [5, 5.41) is 3.56. The Kier molecular flexibility index (Phi) is 3.76. The number of fused-ring (bicyclic) bond motifs is 6. The van der Waals surface area contributed by atoms with Crippen LogP contribution in [0.3, 0.4) is 0 Å². The van der Waals surface area contributed by atoms with Crippen LogP contribution in [0.25, 0.3) is 37.8 Å². The van der Waals surface area contributed by atoms with Crippen LogP contribution in [-0.2, 0) is 20.1 Å². The number of hydrogen-bond donors (Lipinski definition) is 0. The van der Waals surface area contributed by atoms with Gasteiger partial charge >= 0.3 is 0 Å². The Morgan fingerprint density at radius 1 is 1.08 bits per heavy atom. The maximum Gasteiger partial charge on any atom is 0.0608 e. The molecule has 0 aliphatic heterocycles. The van der Waals surface area contributed by atoms with Gasteiger partial charge in [0.1, 0.15) is 0 Å². The van der Waals surface area contributed by atoms with Gasteiger partial charge in [0, 0.05) is 47.8 Å². The number of aromatic nitrogens is 2. The molecule has 0 spiro atoms. The van der Waals surface area contributed by atoms with E-state index >= 15 is 0 Å². The molecule has 0 unspecified atom stereocenters. The number of rotatable bonds is 1. The second kappa shape index (κ2) is 5.82. The van der Waals surface area contributed by atoms with Crippen molar-refractivity contribution in [3.05, 3.63) is 71.9 Å². The summed E-state index contributed by atoms with van der Waals surface area (Å²) < 4.78 is 2.15. The van der Waals surface area contributed by atoms with Gasteiger partial charge in [0.15, 0.2) is 0 Å². The third-order valence-electron chi connectivity index (χ3n) is 4.30. The van der Waals surface area contributed by atoms with Gasteiger partial charge in [0.05, 0.1) is 5.65 Å². The molecule has 0 N–H and O–H groups in total. The summed E-state index contributed by atoms with van der Waals surface area (Å²) in [5.41, 5.74) is 3.41. The Bertz CT molecular complexity index is 1190. The molecule has 24 heavy (non-hydrogen) atoms. The summed E-state index contributed by atoms with van der Waals surface area (Å²) in [7, 11) is 0. The minimum absolute atomic E-state index is 0. The normalized spacial score (nSPS) is 11.2. The molecule has 0 bridgehead atoms. The number of pyridine rings is 1. The predicted octanol–water partition coefficient (Wildman–Crippen LogP) is 5.48. The van der Waals surface area contributed by atoms with Gasteiger partial charge in [0.2, 0.25) is 0 Å². The second-order valence-corrected chi connectivity index (χ2v) is 6.98. The van der Waals surface area contributed by atoms with Crippen LogP contribution >= 0.6 is 11.3 Å². The molecule has 2 nitrogen and oxygen atoms in total. The van der Waals surface area contributed by atoms with E-state index in [2.05, 4.69) is 64.8 Å². The van der Waals surface area contributed by atoms with Gasteiger partial charge < -0.3 is 4.40 Å². The Morgan fingerprint density at radius 2 is 1.96 bits per heavy atom. The Balaban J connectivity index is 0.00000146. The third kappa shape index (κ3) is 2.15. The van der Waals surface area contributed by atoms with E-state index in [4.69, 9.17) is 0 Å². The smallest absolute Gasteiger partial charge is 0.0608 e. The first-order chi connectivity index (χ1) is 11.3. The van der Waals surface area contributed by atoms with Crippen LogP contribution in [0.4, 0.5) is 0 Å². The zero-order valence-electron chi connectivity index (χ0n) is 12.9. The number of nitrogens with zero attached hydrogens (tertiary/aromatic N) is 2. The van der Waals surface area contributed by atoms with Crippen molar-refractivity contribution in [1.29, 1.82) is 0 Å². The molecule has 0 atom stereocenters. The molecular formula is C20H13IrN2S-. The van der Waals surface area contributed by atoms with Crippen LogP contribution in [0.1, 0.15) is 4.88 Å². The van der Waals surface area contributed by atoms with E-state index in [-0.39, 0.29) is 20.1 Å². The van der Waals surface area contributed by atoms with Crippen LogP contribution < -0.4 is 0 Å². The average molecular weight is 506 g/mol. The first-order valence-corrected chi connectivity index (χ1v) is 8.39. The van der Waals surface area contributed by atoms with Gasteiger partial charge in [-0.05, 0) is 30.5 Å². The number of thiophene rings is 1. The maximum atomic E-state index is 4.57. The van der Waals surface area contributed by atoms with E-state index in [1.165, 1.54) is 31.6 Å². The van der Waals surface area contributed by atoms with Crippen molar-refractivity contribution in [3.8, 4) is 10.4 Å². The summed E-state index contributed by atoms with van der Waals surface area (Å²) in [4.78, 5) is 7.19. The fraction of sp³-hybridized carbons (Fsp3) is 0.0500. The molecule has 3 aromatic heterocycles. The van der Waals surface area contributed by atoms with E-state index in [9.17, 15) is 0 Å². The van der Waals surface area contributed by atoms with Crippen LogP contribution in [0.5, 0.6) is 0 Å². The molecule has 119 valence electrons. The molecule has 4 heteroatoms. The molecule has 0 aliphatic rings. The van der Waals surface area contributed by atoms with E-state index in [0.29, 0.717) is 0 Å². The number of benzene rings is 2. The number of aryl methyl sites for hydroxylation is 1. The van der Waals surface area contributed by atoms with Crippen molar-refractivity contribution in [2.45, 2.75) is 6.92 Å². The van der Waals surface area contributed by atoms with E-state index in [1.54, 1.807) is 0 Å². The molecule has 1 radical (unpaired) electrons. The van der Waals surface area contributed by atoms with Gasteiger partial charge in [-0.2, -0.15) is 0 Å². The van der Waals surface area contributed by atoms with Crippen LogP contribution in [0.2, 0.25) is 0 Å². The summed E-state index contributed by atoms with van der Waals surface area (Å²) >= 11 is 1.83. The summed E-state index contributed by atoms with van der Waals surface area (Å²) in [6.07, 6.45) is 3.88. The SMILES string of the molecule is Cc1ccc(-c2cc[c-]c3c2c2ccccc2n2ccnc32)s1.[Ir]. The summed E-state index contributed by atoms with van der Waals surface area (Å²) in [5.74, 6) is 0. The molecule has 0 fully saturated rings. The standard InChI is InChI=1S/C20H13N2S.Ir/c1-13-9-10-18(23-13)15-6-4-7-16-19(15)14-5-2-3-8-17(14)22-12-11-21-20(16)22;/h2-6,8-12H,1H3;/q-1;. The predicted molar refractivity (Wildman–Crippen MR) is 97.1 cm³/mol. The van der Waals surface area contributed by atoms with Crippen molar-refractivity contribution in [2.75, 3.05) is 0 Å². The Morgan fingerprint density at radius 3 is 2.79 bits per heavy atom. The van der Waals surface area contributed by atoms with E-state index < -0.39 is 0 Å². The third-order valence-corrected chi connectivity index (χ3v) is 5.33. The Hall–Kier alpha value is -2.00. The second-order valence-electron chi connectivity index (χ2n) is 5.69. The fourth-order valence-electron chi connectivity index (χ4n) is 3.32. The largest absolute Gasteiger partial charge is 0.340 e. The van der Waals surface area contributed by atoms with Crippen LogP contribution in [0, 0.1) is 13.0 Å². The first-order valence-electron chi connectivity index (χ1n) is 7.58. The minimum atomic E-state index is 0. The van der Waals surface area contributed by atoms with Gasteiger partial charge in [-0.25, -0.2) is 0 Å². The monoisotopic (exact) mass is 506 g/mol. The minimum Gasteiger partial charge on any atom is -0.340 e. The zero-order chi connectivity index (χ0) is 15.4. The quantitative estimate of drug-likeness (QED) is 0.218. The topological polar surface area (TPSA) is 17.3 Å². The molecule has 0 saturated carbocycles. The maximum absolute atomic E-state index is 4.57. The van der Waals surface area contributed by atoms with Crippen molar-refractivity contribution >= 4 is 38.7 Å². The van der Waals surface area contributed by atoms with Gasteiger partial charge in [0.25, 0.3) is 0 Å². The van der Waals surface area contributed by atoms with Crippen molar-refractivity contribution in [1.82, 2.24) is 9.38 Å². The molecule has 0 aliphatic carbocycles. The molecule has 5 rings (SSSR count). The molecular weight excluding hydrogens is 493 g/mol. The van der Waals surface area contributed by atoms with E-state index in [0.717, 1.165) is 11.0 Å². The Labute approximate surface area is 157 Å². The molecule has 0 amide bonds. The first kappa shape index (κ1) is 15.5. The molecule has 0 saturated heterocycles. The van der Waals surface area contributed by atoms with Gasteiger partial charge in [-0.15, -0.1) is 29.5 Å². The van der Waals surface area contributed by atoms with Crippen LogP contribution in [0.15, 0.2) is 60.9 Å². The molecule has 5 aromatic rings. The van der Waals surface area contributed by atoms with Crippen LogP contribution in [-0.4, -0.2) is 9.38 Å². The van der Waals surface area contributed by atoms with Crippen molar-refractivity contribution in [2.24, 2.45) is 0 Å². The zero-order valence-corrected chi connectivity index (χ0v) is 16.1. The van der Waals surface area contributed by atoms with Crippen molar-refractivity contribution < 1.29 is 20.1 Å². The molecule has 3 heterocycles. The average Bonchev–Trinajstić information content (AvgIpc) is 3.23.